The first-order valence-corrected chi connectivity index (χ1v) is 7.62. The van der Waals surface area contributed by atoms with Crippen molar-refractivity contribution in [3.05, 3.63) is 35.1 Å². The largest absolute Gasteiger partial charge is 0.306 e. The van der Waals surface area contributed by atoms with Crippen LogP contribution in [0.25, 0.3) is 0 Å². The molecule has 0 unspecified atom stereocenters. The summed E-state index contributed by atoms with van der Waals surface area (Å²) in [5.74, 6) is 0.395. The zero-order valence-electron chi connectivity index (χ0n) is 13.5. The highest BCUT2D eigenvalue weighted by molar-refractivity contribution is 5.31. The van der Waals surface area contributed by atoms with Crippen LogP contribution >= 0.6 is 0 Å². The molecule has 1 aliphatic rings. The van der Waals surface area contributed by atoms with Gasteiger partial charge in [0.25, 0.3) is 0 Å². The maximum atomic E-state index is 13.7. The first-order chi connectivity index (χ1) is 9.18. The van der Waals surface area contributed by atoms with Crippen LogP contribution in [0.2, 0.25) is 0 Å². The third-order valence-corrected chi connectivity index (χ3v) is 3.40. The fraction of sp³-hybridized carbons (Fsp3) is 0.647. The van der Waals surface area contributed by atoms with Crippen molar-refractivity contribution < 1.29 is 4.39 Å². The van der Waals surface area contributed by atoms with Gasteiger partial charge in [-0.3, -0.25) is 0 Å². The Morgan fingerprint density at radius 3 is 2.05 bits per heavy atom. The zero-order valence-corrected chi connectivity index (χ0v) is 13.5. The number of nitrogens with zero attached hydrogens (tertiary/aromatic N) is 1. The Labute approximate surface area is 118 Å². The van der Waals surface area contributed by atoms with Crippen molar-refractivity contribution in [3.8, 4) is 0 Å². The molecule has 0 radical (unpaired) electrons. The fourth-order valence-electron chi connectivity index (χ4n) is 2.46. The minimum Gasteiger partial charge on any atom is -0.306 e. The summed E-state index contributed by atoms with van der Waals surface area (Å²) in [6, 6.07) is 5.39. The van der Waals surface area contributed by atoms with Crippen molar-refractivity contribution in [1.82, 2.24) is 4.90 Å². The molecule has 1 saturated heterocycles. The van der Waals surface area contributed by atoms with Crippen LogP contribution in [0.15, 0.2) is 18.2 Å². The molecular weight excluding hydrogens is 237 g/mol. The summed E-state index contributed by atoms with van der Waals surface area (Å²) in [6.45, 7) is 12.2. The second-order valence-electron chi connectivity index (χ2n) is 4.55. The van der Waals surface area contributed by atoms with Gasteiger partial charge in [0.1, 0.15) is 5.82 Å². The highest BCUT2D eigenvalue weighted by Crippen LogP contribution is 2.31. The summed E-state index contributed by atoms with van der Waals surface area (Å²) in [4.78, 5) is 2.31. The second kappa shape index (κ2) is 9.96. The van der Waals surface area contributed by atoms with Crippen LogP contribution in [-0.2, 0) is 0 Å². The maximum Gasteiger partial charge on any atom is 0.126 e. The van der Waals surface area contributed by atoms with Crippen molar-refractivity contribution in [2.75, 3.05) is 20.1 Å². The first kappa shape index (κ1) is 18.1. The van der Waals surface area contributed by atoms with Gasteiger partial charge in [0, 0.05) is 0 Å². The number of benzene rings is 1. The molecule has 2 rings (SSSR count). The molecule has 1 aromatic rings. The number of hydrogen-bond donors (Lipinski definition) is 0. The van der Waals surface area contributed by atoms with Crippen LogP contribution in [0.4, 0.5) is 4.39 Å². The Kier molecular flexibility index (Phi) is 9.50. The van der Waals surface area contributed by atoms with Crippen molar-refractivity contribution in [3.63, 3.8) is 0 Å². The van der Waals surface area contributed by atoms with Crippen LogP contribution in [0.1, 0.15) is 57.6 Å². The minimum atomic E-state index is -0.0236. The lowest BCUT2D eigenvalue weighted by molar-refractivity contribution is 0.252. The molecule has 0 N–H and O–H groups in total. The lowest BCUT2D eigenvalue weighted by atomic mass is 9.86. The van der Waals surface area contributed by atoms with Crippen molar-refractivity contribution in [2.24, 2.45) is 0 Å². The topological polar surface area (TPSA) is 3.24 Å². The Balaban J connectivity index is 0.000000741. The van der Waals surface area contributed by atoms with E-state index in [-0.39, 0.29) is 5.82 Å². The highest BCUT2D eigenvalue weighted by Gasteiger charge is 2.22. The quantitative estimate of drug-likeness (QED) is 0.692. The molecule has 1 nitrogen and oxygen atoms in total. The Hall–Kier alpha value is -0.890. The van der Waals surface area contributed by atoms with Gasteiger partial charge >= 0.3 is 0 Å². The number of piperidine rings is 1. The van der Waals surface area contributed by atoms with Gasteiger partial charge in [0.05, 0.1) is 0 Å². The lowest BCUT2D eigenvalue weighted by Crippen LogP contribution is -2.29. The van der Waals surface area contributed by atoms with E-state index in [1.807, 2.05) is 40.7 Å². The van der Waals surface area contributed by atoms with Gasteiger partial charge in [-0.2, -0.15) is 0 Å². The molecule has 0 aromatic heterocycles. The Bertz CT molecular complexity index is 321. The molecule has 0 amide bonds. The van der Waals surface area contributed by atoms with E-state index in [0.717, 1.165) is 37.1 Å². The van der Waals surface area contributed by atoms with Crippen molar-refractivity contribution in [2.45, 2.75) is 53.4 Å². The number of hydrogen-bond acceptors (Lipinski definition) is 1. The third kappa shape index (κ3) is 5.32. The highest BCUT2D eigenvalue weighted by atomic mass is 19.1. The summed E-state index contributed by atoms with van der Waals surface area (Å²) in [5, 5.41) is 0. The summed E-state index contributed by atoms with van der Waals surface area (Å²) in [7, 11) is 2.13. The van der Waals surface area contributed by atoms with E-state index in [2.05, 4.69) is 11.9 Å². The van der Waals surface area contributed by atoms with E-state index in [0.29, 0.717) is 5.92 Å². The minimum absolute atomic E-state index is 0.0236. The predicted octanol–water partition coefficient (Wildman–Crippen LogP) is 5.00. The average molecular weight is 267 g/mol. The third-order valence-electron chi connectivity index (χ3n) is 3.40. The molecule has 0 atom stereocenters. The molecule has 19 heavy (non-hydrogen) atoms. The van der Waals surface area contributed by atoms with Crippen LogP contribution in [-0.4, -0.2) is 25.0 Å². The van der Waals surface area contributed by atoms with E-state index in [4.69, 9.17) is 0 Å². The molecule has 0 aliphatic carbocycles. The summed E-state index contributed by atoms with van der Waals surface area (Å²) < 4.78 is 13.7. The predicted molar refractivity (Wildman–Crippen MR) is 83.3 cm³/mol. The zero-order chi connectivity index (χ0) is 14.8. The molecule has 1 aromatic carbocycles. The van der Waals surface area contributed by atoms with E-state index in [1.54, 1.807) is 12.1 Å². The molecule has 2 heteroatoms. The Morgan fingerprint density at radius 2 is 1.58 bits per heavy atom. The van der Waals surface area contributed by atoms with Crippen LogP contribution in [0.3, 0.4) is 0 Å². The number of aryl methyl sites for hydroxylation is 1. The monoisotopic (exact) mass is 267 g/mol. The molecule has 0 saturated carbocycles. The standard InChI is InChI=1S/C13H18FN.2C2H6/c1-10-4-3-5-12(14)13(10)11-6-8-15(2)9-7-11;2*1-2/h3-5,11H,6-9H2,1-2H3;2*1-2H3. The van der Waals surface area contributed by atoms with E-state index < -0.39 is 0 Å². The van der Waals surface area contributed by atoms with Gasteiger partial charge in [-0.05, 0) is 63.0 Å². The van der Waals surface area contributed by atoms with Crippen molar-refractivity contribution in [1.29, 1.82) is 0 Å². The smallest absolute Gasteiger partial charge is 0.126 e. The van der Waals surface area contributed by atoms with Gasteiger partial charge in [0.2, 0.25) is 0 Å². The summed E-state index contributed by atoms with van der Waals surface area (Å²) >= 11 is 0. The molecule has 1 aliphatic heterocycles. The fourth-order valence-corrected chi connectivity index (χ4v) is 2.46. The van der Waals surface area contributed by atoms with Gasteiger partial charge in [-0.1, -0.05) is 39.8 Å². The normalized spacial score (nSPS) is 15.9. The van der Waals surface area contributed by atoms with Crippen LogP contribution in [0.5, 0.6) is 0 Å². The number of halogens is 1. The van der Waals surface area contributed by atoms with Gasteiger partial charge in [-0.15, -0.1) is 0 Å². The first-order valence-electron chi connectivity index (χ1n) is 7.62. The molecule has 110 valence electrons. The SMILES string of the molecule is CC.CC.Cc1cccc(F)c1C1CCN(C)CC1. The van der Waals surface area contributed by atoms with Gasteiger partial charge in [-0.25, -0.2) is 4.39 Å². The van der Waals surface area contributed by atoms with E-state index in [1.165, 1.54) is 0 Å². The maximum absolute atomic E-state index is 13.7. The van der Waals surface area contributed by atoms with Crippen LogP contribution in [0, 0.1) is 12.7 Å². The molecule has 0 spiro atoms. The lowest BCUT2D eigenvalue weighted by Gasteiger charge is -2.30. The molecular formula is C17H30FN. The summed E-state index contributed by atoms with van der Waals surface area (Å²) in [5.41, 5.74) is 2.05. The molecule has 0 bridgehead atoms. The Morgan fingerprint density at radius 1 is 1.05 bits per heavy atom. The molecule has 1 heterocycles. The molecule has 1 fully saturated rings. The van der Waals surface area contributed by atoms with Crippen molar-refractivity contribution >= 4 is 0 Å². The van der Waals surface area contributed by atoms with Gasteiger partial charge in [0.15, 0.2) is 0 Å². The number of likely N-dealkylation sites (tertiary alicyclic amines) is 1. The van der Waals surface area contributed by atoms with E-state index in [9.17, 15) is 4.39 Å². The number of rotatable bonds is 1. The second-order valence-corrected chi connectivity index (χ2v) is 4.55. The summed E-state index contributed by atoms with van der Waals surface area (Å²) in [6.07, 6.45) is 2.16. The average Bonchev–Trinajstić information content (AvgIpc) is 2.45. The van der Waals surface area contributed by atoms with Crippen LogP contribution < -0.4 is 0 Å². The van der Waals surface area contributed by atoms with E-state index >= 15 is 0 Å². The van der Waals surface area contributed by atoms with Gasteiger partial charge < -0.3 is 4.90 Å².